The van der Waals surface area contributed by atoms with Crippen LogP contribution in [0.4, 0.5) is 5.82 Å². The lowest BCUT2D eigenvalue weighted by Gasteiger charge is -2.07. The lowest BCUT2D eigenvalue weighted by molar-refractivity contribution is 0.112. The maximum absolute atomic E-state index is 11.0. The molecule has 1 heterocycles. The number of benzene rings is 1. The lowest BCUT2D eigenvalue weighted by Crippen LogP contribution is -1.97. The van der Waals surface area contributed by atoms with Crippen LogP contribution in [0.2, 0.25) is 10.0 Å². The molecule has 1 aromatic heterocycles. The van der Waals surface area contributed by atoms with E-state index in [4.69, 9.17) is 28.9 Å². The maximum atomic E-state index is 11.0. The van der Waals surface area contributed by atoms with Crippen molar-refractivity contribution in [3.8, 4) is 11.1 Å². The van der Waals surface area contributed by atoms with Gasteiger partial charge in [-0.1, -0.05) is 23.2 Å². The molecule has 0 aliphatic rings. The van der Waals surface area contributed by atoms with Crippen LogP contribution in [0.15, 0.2) is 30.3 Å². The Hall–Kier alpha value is -1.58. The van der Waals surface area contributed by atoms with Crippen LogP contribution in [0.25, 0.3) is 11.1 Å². The van der Waals surface area contributed by atoms with Crippen molar-refractivity contribution in [3.05, 3.63) is 46.1 Å². The summed E-state index contributed by atoms with van der Waals surface area (Å²) in [6.45, 7) is 0. The number of aromatic nitrogens is 1. The number of carbonyl (C=O) groups excluding carboxylic acids is 1. The maximum Gasteiger partial charge on any atom is 0.169 e. The highest BCUT2D eigenvalue weighted by Crippen LogP contribution is 2.32. The average Bonchev–Trinajstić information content (AvgIpc) is 2.32. The molecule has 0 unspecified atom stereocenters. The third-order valence-electron chi connectivity index (χ3n) is 2.28. The Morgan fingerprint density at radius 3 is 2.59 bits per heavy atom. The highest BCUT2D eigenvalue weighted by Gasteiger charge is 2.10. The first kappa shape index (κ1) is 11.9. The van der Waals surface area contributed by atoms with Crippen molar-refractivity contribution in [1.82, 2.24) is 4.98 Å². The van der Waals surface area contributed by atoms with E-state index in [1.165, 1.54) is 0 Å². The zero-order valence-electron chi connectivity index (χ0n) is 8.65. The molecule has 2 aromatic rings. The molecule has 5 heteroatoms. The minimum absolute atomic E-state index is 0.245. The first-order valence-corrected chi connectivity index (χ1v) is 5.54. The average molecular weight is 267 g/mol. The van der Waals surface area contributed by atoms with Gasteiger partial charge in [0.15, 0.2) is 6.29 Å². The second-order valence-electron chi connectivity index (χ2n) is 3.41. The SMILES string of the molecule is Nc1ccc(-c2cc(Cl)ccc2Cl)c(C=O)n1. The number of nitrogens with two attached hydrogens (primary N) is 1. The Morgan fingerprint density at radius 2 is 1.88 bits per heavy atom. The number of anilines is 1. The molecule has 0 aliphatic heterocycles. The number of hydrogen-bond acceptors (Lipinski definition) is 3. The van der Waals surface area contributed by atoms with E-state index in [1.54, 1.807) is 30.3 Å². The molecular formula is C12H8Cl2N2O. The van der Waals surface area contributed by atoms with Gasteiger partial charge >= 0.3 is 0 Å². The molecule has 0 radical (unpaired) electrons. The smallest absolute Gasteiger partial charge is 0.169 e. The van der Waals surface area contributed by atoms with E-state index < -0.39 is 0 Å². The van der Waals surface area contributed by atoms with Gasteiger partial charge in [-0.25, -0.2) is 4.98 Å². The van der Waals surface area contributed by atoms with Crippen LogP contribution in [0, 0.1) is 0 Å². The Balaban J connectivity index is 2.67. The molecule has 0 aliphatic carbocycles. The predicted octanol–water partition coefficient (Wildman–Crippen LogP) is 3.45. The number of carbonyl (C=O) groups is 1. The van der Waals surface area contributed by atoms with Gasteiger partial charge in [0.25, 0.3) is 0 Å². The third kappa shape index (κ3) is 2.40. The van der Waals surface area contributed by atoms with Gasteiger partial charge in [0.2, 0.25) is 0 Å². The fourth-order valence-electron chi connectivity index (χ4n) is 1.51. The molecule has 0 bridgehead atoms. The number of nitrogen functional groups attached to an aromatic ring is 1. The Bertz CT molecular complexity index is 585. The summed E-state index contributed by atoms with van der Waals surface area (Å²) in [6, 6.07) is 8.34. The Kier molecular flexibility index (Phi) is 3.31. The molecule has 0 saturated carbocycles. The Labute approximate surface area is 108 Å². The topological polar surface area (TPSA) is 56.0 Å². The van der Waals surface area contributed by atoms with Gasteiger partial charge in [-0.05, 0) is 30.3 Å². The summed E-state index contributed by atoms with van der Waals surface area (Å²) in [7, 11) is 0. The van der Waals surface area contributed by atoms with Gasteiger partial charge in [-0.2, -0.15) is 0 Å². The number of aldehydes is 1. The van der Waals surface area contributed by atoms with Crippen molar-refractivity contribution >= 4 is 35.3 Å². The molecule has 0 atom stereocenters. The first-order valence-electron chi connectivity index (χ1n) is 4.79. The summed E-state index contributed by atoms with van der Waals surface area (Å²) < 4.78 is 0. The third-order valence-corrected chi connectivity index (χ3v) is 2.84. The molecular weight excluding hydrogens is 259 g/mol. The van der Waals surface area contributed by atoms with Crippen molar-refractivity contribution in [2.75, 3.05) is 5.73 Å². The molecule has 2 N–H and O–H groups in total. The van der Waals surface area contributed by atoms with Crippen molar-refractivity contribution in [2.45, 2.75) is 0 Å². The molecule has 3 nitrogen and oxygen atoms in total. The molecule has 1 aromatic carbocycles. The van der Waals surface area contributed by atoms with E-state index in [-0.39, 0.29) is 11.5 Å². The second-order valence-corrected chi connectivity index (χ2v) is 4.25. The van der Waals surface area contributed by atoms with Crippen LogP contribution in [0.5, 0.6) is 0 Å². The second kappa shape index (κ2) is 4.73. The molecule has 17 heavy (non-hydrogen) atoms. The standard InChI is InChI=1S/C12H8Cl2N2O/c13-7-1-3-10(14)9(5-7)8-2-4-12(15)16-11(8)6-17/h1-6H,(H2,15,16). The summed E-state index contributed by atoms with van der Waals surface area (Å²) in [5, 5.41) is 1.04. The molecule has 86 valence electrons. The van der Waals surface area contributed by atoms with Crippen LogP contribution < -0.4 is 5.73 Å². The molecule has 0 spiro atoms. The summed E-state index contributed by atoms with van der Waals surface area (Å²) in [5.41, 5.74) is 7.04. The highest BCUT2D eigenvalue weighted by atomic mass is 35.5. The Morgan fingerprint density at radius 1 is 1.12 bits per heavy atom. The van der Waals surface area contributed by atoms with Crippen LogP contribution in [0.1, 0.15) is 10.5 Å². The van der Waals surface area contributed by atoms with E-state index in [0.29, 0.717) is 27.5 Å². The van der Waals surface area contributed by atoms with Gasteiger partial charge in [0, 0.05) is 21.2 Å². The van der Waals surface area contributed by atoms with Crippen molar-refractivity contribution in [2.24, 2.45) is 0 Å². The van der Waals surface area contributed by atoms with E-state index in [2.05, 4.69) is 4.98 Å². The molecule has 0 saturated heterocycles. The quantitative estimate of drug-likeness (QED) is 0.848. The number of pyridine rings is 1. The van der Waals surface area contributed by atoms with Crippen LogP contribution in [-0.2, 0) is 0 Å². The highest BCUT2D eigenvalue weighted by molar-refractivity contribution is 6.35. The normalized spacial score (nSPS) is 10.2. The van der Waals surface area contributed by atoms with Crippen molar-refractivity contribution < 1.29 is 4.79 Å². The number of hydrogen-bond donors (Lipinski definition) is 1. The summed E-state index contributed by atoms with van der Waals surface area (Å²) in [6.07, 6.45) is 0.642. The zero-order chi connectivity index (χ0) is 12.4. The minimum Gasteiger partial charge on any atom is -0.384 e. The van der Waals surface area contributed by atoms with E-state index >= 15 is 0 Å². The summed E-state index contributed by atoms with van der Waals surface area (Å²) in [4.78, 5) is 14.9. The fourth-order valence-corrected chi connectivity index (χ4v) is 1.90. The largest absolute Gasteiger partial charge is 0.384 e. The van der Waals surface area contributed by atoms with Crippen molar-refractivity contribution in [1.29, 1.82) is 0 Å². The summed E-state index contributed by atoms with van der Waals surface area (Å²) >= 11 is 12.0. The molecule has 0 fully saturated rings. The van der Waals surface area contributed by atoms with E-state index in [1.807, 2.05) is 0 Å². The number of nitrogens with zero attached hydrogens (tertiary/aromatic N) is 1. The van der Waals surface area contributed by atoms with Crippen molar-refractivity contribution in [3.63, 3.8) is 0 Å². The monoisotopic (exact) mass is 266 g/mol. The predicted molar refractivity (Wildman–Crippen MR) is 69.5 cm³/mol. The zero-order valence-corrected chi connectivity index (χ0v) is 10.2. The van der Waals surface area contributed by atoms with Crippen LogP contribution in [0.3, 0.4) is 0 Å². The lowest BCUT2D eigenvalue weighted by atomic mass is 10.0. The molecule has 0 amide bonds. The summed E-state index contributed by atoms with van der Waals surface area (Å²) in [5.74, 6) is 0.286. The van der Waals surface area contributed by atoms with Gasteiger partial charge in [0.05, 0.1) is 0 Å². The minimum atomic E-state index is 0.245. The van der Waals surface area contributed by atoms with Gasteiger partial charge in [0.1, 0.15) is 11.5 Å². The van der Waals surface area contributed by atoms with Gasteiger partial charge in [-0.3, -0.25) is 4.79 Å². The van der Waals surface area contributed by atoms with E-state index in [9.17, 15) is 4.79 Å². The van der Waals surface area contributed by atoms with Gasteiger partial charge in [-0.15, -0.1) is 0 Å². The number of halogens is 2. The van der Waals surface area contributed by atoms with E-state index in [0.717, 1.165) is 0 Å². The first-order chi connectivity index (χ1) is 8.11. The molecule has 2 rings (SSSR count). The van der Waals surface area contributed by atoms with Crippen LogP contribution in [-0.4, -0.2) is 11.3 Å². The fraction of sp³-hybridized carbons (Fsp3) is 0. The number of rotatable bonds is 2. The van der Waals surface area contributed by atoms with Crippen LogP contribution >= 0.6 is 23.2 Å². The van der Waals surface area contributed by atoms with Gasteiger partial charge < -0.3 is 5.73 Å².